The van der Waals surface area contributed by atoms with Crippen molar-refractivity contribution in [2.24, 2.45) is 59.2 Å². The monoisotopic (exact) mass is 343 g/mol. The summed E-state index contributed by atoms with van der Waals surface area (Å²) in [6.45, 7) is 12.0. The van der Waals surface area contributed by atoms with Gasteiger partial charge in [-0.25, -0.2) is 0 Å². The summed E-state index contributed by atoms with van der Waals surface area (Å²) in [5.74, 6) is 7.83. The van der Waals surface area contributed by atoms with Crippen LogP contribution in [-0.2, 0) is 0 Å². The van der Waals surface area contributed by atoms with Gasteiger partial charge in [-0.05, 0) is 78.9 Å². The third kappa shape index (κ3) is 3.52. The van der Waals surface area contributed by atoms with E-state index in [0.29, 0.717) is 11.8 Å². The first-order valence-corrected chi connectivity index (χ1v) is 11.4. The zero-order valence-electron chi connectivity index (χ0n) is 17.4. The maximum Gasteiger partial charge on any atom is 0.0661 e. The molecule has 0 radical (unpaired) electrons. The summed E-state index contributed by atoms with van der Waals surface area (Å²) in [7, 11) is 0. The molecule has 3 aliphatic rings. The first-order chi connectivity index (χ1) is 12.0. The maximum absolute atomic E-state index is 9.91. The Morgan fingerprint density at radius 1 is 0.880 bits per heavy atom. The first-order valence-electron chi connectivity index (χ1n) is 11.4. The molecule has 1 nitrogen and oxygen atoms in total. The van der Waals surface area contributed by atoms with E-state index in [9.17, 15) is 5.26 Å². The third-order valence-electron chi connectivity index (χ3n) is 8.83. The molecule has 3 fully saturated rings. The van der Waals surface area contributed by atoms with Gasteiger partial charge in [0.25, 0.3) is 0 Å². The molecular weight excluding hydrogens is 302 g/mol. The topological polar surface area (TPSA) is 23.8 Å². The van der Waals surface area contributed by atoms with Gasteiger partial charge in [0, 0.05) is 0 Å². The van der Waals surface area contributed by atoms with Crippen molar-refractivity contribution >= 4 is 0 Å². The summed E-state index contributed by atoms with van der Waals surface area (Å²) in [6, 6.07) is 2.78. The highest BCUT2D eigenvalue weighted by atomic mass is 14.6. The molecule has 0 aromatic heterocycles. The number of nitrogens with zero attached hydrogens (tertiary/aromatic N) is 1. The van der Waals surface area contributed by atoms with Crippen LogP contribution in [0.3, 0.4) is 0 Å². The van der Waals surface area contributed by atoms with E-state index in [1.807, 2.05) is 0 Å². The van der Waals surface area contributed by atoms with Crippen LogP contribution in [-0.4, -0.2) is 0 Å². The second kappa shape index (κ2) is 8.02. The van der Waals surface area contributed by atoms with Crippen molar-refractivity contribution in [3.63, 3.8) is 0 Å². The minimum atomic E-state index is 0.328. The van der Waals surface area contributed by atoms with Crippen molar-refractivity contribution in [2.75, 3.05) is 0 Å². The van der Waals surface area contributed by atoms with E-state index in [0.717, 1.165) is 47.3 Å². The van der Waals surface area contributed by atoms with Gasteiger partial charge in [-0.2, -0.15) is 5.26 Å². The number of hydrogen-bond acceptors (Lipinski definition) is 1. The number of nitriles is 1. The van der Waals surface area contributed by atoms with Gasteiger partial charge in [0.05, 0.1) is 12.0 Å². The van der Waals surface area contributed by atoms with E-state index in [1.165, 1.54) is 51.4 Å². The van der Waals surface area contributed by atoms with Gasteiger partial charge < -0.3 is 0 Å². The van der Waals surface area contributed by atoms with Gasteiger partial charge in [0.15, 0.2) is 0 Å². The van der Waals surface area contributed by atoms with Crippen molar-refractivity contribution in [3.05, 3.63) is 0 Å². The Labute approximate surface area is 157 Å². The molecule has 142 valence electrons. The van der Waals surface area contributed by atoms with Crippen molar-refractivity contribution < 1.29 is 0 Å². The van der Waals surface area contributed by atoms with E-state index >= 15 is 0 Å². The number of fused-ring (bicyclic) bond motifs is 3. The van der Waals surface area contributed by atoms with Crippen LogP contribution in [0.5, 0.6) is 0 Å². The minimum absolute atomic E-state index is 0.328. The fourth-order valence-corrected chi connectivity index (χ4v) is 7.58. The quantitative estimate of drug-likeness (QED) is 0.530. The lowest BCUT2D eigenvalue weighted by Crippen LogP contribution is -2.40. The highest BCUT2D eigenvalue weighted by Gasteiger charge is 2.54. The second-order valence-corrected chi connectivity index (χ2v) is 10.2. The molecule has 0 spiro atoms. The molecule has 0 aliphatic heterocycles. The Morgan fingerprint density at radius 3 is 2.16 bits per heavy atom. The number of hydrogen-bond donors (Lipinski definition) is 0. The smallest absolute Gasteiger partial charge is 0.0661 e. The molecule has 0 aromatic rings. The normalized spacial score (nSPS) is 46.5. The molecule has 25 heavy (non-hydrogen) atoms. The lowest BCUT2D eigenvalue weighted by Gasteiger charge is -2.46. The molecule has 0 heterocycles. The molecule has 1 heteroatoms. The highest BCUT2D eigenvalue weighted by molar-refractivity contribution is 5.08. The van der Waals surface area contributed by atoms with Crippen LogP contribution < -0.4 is 0 Å². The van der Waals surface area contributed by atoms with Gasteiger partial charge in [-0.1, -0.05) is 60.3 Å². The zero-order valence-corrected chi connectivity index (χ0v) is 17.4. The summed E-state index contributed by atoms with van der Waals surface area (Å²) < 4.78 is 0. The van der Waals surface area contributed by atoms with Crippen molar-refractivity contribution in [1.29, 1.82) is 5.26 Å². The average molecular weight is 344 g/mol. The Bertz CT molecular complexity index is 471. The lowest BCUT2D eigenvalue weighted by molar-refractivity contribution is 0.0340. The van der Waals surface area contributed by atoms with E-state index in [2.05, 4.69) is 40.7 Å². The molecular formula is C24H41N. The van der Waals surface area contributed by atoms with Crippen molar-refractivity contribution in [1.82, 2.24) is 0 Å². The predicted molar refractivity (Wildman–Crippen MR) is 106 cm³/mol. The average Bonchev–Trinajstić information content (AvgIpc) is 2.92. The lowest BCUT2D eigenvalue weighted by atomic mass is 9.58. The van der Waals surface area contributed by atoms with Crippen LogP contribution in [0.4, 0.5) is 0 Å². The SMILES string of the molecule is CCCC(CCC)C1CC2CC3CC(C)C(C)C(C#N)C3C2CC1C. The molecule has 0 aromatic carbocycles. The number of rotatable bonds is 5. The Hall–Kier alpha value is -0.510. The van der Waals surface area contributed by atoms with E-state index in [-0.39, 0.29) is 0 Å². The van der Waals surface area contributed by atoms with E-state index in [4.69, 9.17) is 0 Å². The minimum Gasteiger partial charge on any atom is -0.198 e. The summed E-state index contributed by atoms with van der Waals surface area (Å²) >= 11 is 0. The molecule has 9 atom stereocenters. The molecule has 0 N–H and O–H groups in total. The van der Waals surface area contributed by atoms with Gasteiger partial charge in [-0.15, -0.1) is 0 Å². The summed E-state index contributed by atoms with van der Waals surface area (Å²) in [6.07, 6.45) is 11.3. The molecule has 3 aliphatic carbocycles. The summed E-state index contributed by atoms with van der Waals surface area (Å²) in [4.78, 5) is 0. The van der Waals surface area contributed by atoms with Crippen LogP contribution in [0.2, 0.25) is 0 Å². The van der Waals surface area contributed by atoms with Gasteiger partial charge in [-0.3, -0.25) is 0 Å². The predicted octanol–water partition coefficient (Wildman–Crippen LogP) is 6.93. The Kier molecular flexibility index (Phi) is 6.18. The van der Waals surface area contributed by atoms with Crippen LogP contribution >= 0.6 is 0 Å². The van der Waals surface area contributed by atoms with E-state index < -0.39 is 0 Å². The fraction of sp³-hybridized carbons (Fsp3) is 0.958. The fourth-order valence-electron chi connectivity index (χ4n) is 7.58. The molecule has 0 saturated heterocycles. The van der Waals surface area contributed by atoms with Crippen molar-refractivity contribution in [2.45, 2.75) is 86.0 Å². The standard InChI is InChI=1S/C24H41N/c1-6-8-18(9-7-2)21-13-19-12-20-10-15(3)17(5)23(14-25)24(20)22(19)11-16(21)4/h15-24H,6-13H2,1-5H3. The zero-order chi connectivity index (χ0) is 18.1. The van der Waals surface area contributed by atoms with Crippen LogP contribution in [0.1, 0.15) is 86.0 Å². The first kappa shape index (κ1) is 19.3. The van der Waals surface area contributed by atoms with Gasteiger partial charge in [0.2, 0.25) is 0 Å². The van der Waals surface area contributed by atoms with Crippen LogP contribution in [0.25, 0.3) is 0 Å². The van der Waals surface area contributed by atoms with Crippen molar-refractivity contribution in [3.8, 4) is 6.07 Å². The Balaban J connectivity index is 1.77. The van der Waals surface area contributed by atoms with Crippen LogP contribution in [0, 0.1) is 70.5 Å². The largest absolute Gasteiger partial charge is 0.198 e. The molecule has 3 saturated carbocycles. The summed E-state index contributed by atoms with van der Waals surface area (Å²) in [5, 5.41) is 9.91. The maximum atomic E-state index is 9.91. The molecule has 3 rings (SSSR count). The molecule has 0 bridgehead atoms. The third-order valence-corrected chi connectivity index (χ3v) is 8.83. The van der Waals surface area contributed by atoms with Gasteiger partial charge >= 0.3 is 0 Å². The highest BCUT2D eigenvalue weighted by Crippen LogP contribution is 2.60. The Morgan fingerprint density at radius 2 is 1.56 bits per heavy atom. The molecule has 0 amide bonds. The van der Waals surface area contributed by atoms with E-state index in [1.54, 1.807) is 0 Å². The molecule has 9 unspecified atom stereocenters. The van der Waals surface area contributed by atoms with Gasteiger partial charge in [0.1, 0.15) is 0 Å². The van der Waals surface area contributed by atoms with Crippen LogP contribution in [0.15, 0.2) is 0 Å². The second-order valence-electron chi connectivity index (χ2n) is 10.2. The summed E-state index contributed by atoms with van der Waals surface area (Å²) in [5.41, 5.74) is 0.